The Labute approximate surface area is 74.2 Å². The fourth-order valence-corrected chi connectivity index (χ4v) is 1.11. The molecule has 0 spiro atoms. The third kappa shape index (κ3) is 2.32. The van der Waals surface area contributed by atoms with E-state index < -0.39 is 0 Å². The van der Waals surface area contributed by atoms with Gasteiger partial charge in [0.2, 0.25) is 0 Å². The van der Waals surface area contributed by atoms with Crippen LogP contribution in [0.1, 0.15) is 27.2 Å². The minimum Gasteiger partial charge on any atom is -0.390 e. The van der Waals surface area contributed by atoms with Gasteiger partial charge in [-0.25, -0.2) is 0 Å². The molecule has 0 aromatic carbocycles. The molecule has 2 heteroatoms. The van der Waals surface area contributed by atoms with Crippen LogP contribution in [0.3, 0.4) is 0 Å². The van der Waals surface area contributed by atoms with Crippen LogP contribution < -0.4 is 0 Å². The molecule has 12 heavy (non-hydrogen) atoms. The van der Waals surface area contributed by atoms with Gasteiger partial charge in [-0.05, 0) is 18.8 Å². The molecule has 70 valence electrons. The van der Waals surface area contributed by atoms with Crippen molar-refractivity contribution in [3.05, 3.63) is 12.2 Å². The minimum absolute atomic E-state index is 0.0192. The molecule has 0 radical (unpaired) electrons. The smallest absolute Gasteiger partial charge is 0.107 e. The zero-order chi connectivity index (χ0) is 9.35. The fourth-order valence-electron chi connectivity index (χ4n) is 1.11. The van der Waals surface area contributed by atoms with E-state index in [2.05, 4.69) is 20.4 Å². The number of hydrogen-bond donors (Lipinski definition) is 1. The molecule has 0 amide bonds. The molecule has 1 fully saturated rings. The Morgan fingerprint density at radius 2 is 2.25 bits per heavy atom. The molecule has 1 N–H and O–H groups in total. The standard InChI is InChI=1S/C10H18O2/c1-7(2)10(3,4)5-8(11)9-6-12-9/h8-9,11H,1,5-6H2,2-4H3. The van der Waals surface area contributed by atoms with Crippen molar-refractivity contribution in [2.75, 3.05) is 6.61 Å². The van der Waals surface area contributed by atoms with Crippen LogP contribution in [0.4, 0.5) is 0 Å². The minimum atomic E-state index is -0.323. The molecule has 2 unspecified atom stereocenters. The molecule has 0 saturated carbocycles. The Morgan fingerprint density at radius 1 is 1.75 bits per heavy atom. The number of epoxide rings is 1. The molecule has 0 aromatic rings. The molecule has 1 aliphatic heterocycles. The van der Waals surface area contributed by atoms with E-state index in [0.29, 0.717) is 6.61 Å². The molecular weight excluding hydrogens is 152 g/mol. The summed E-state index contributed by atoms with van der Waals surface area (Å²) >= 11 is 0. The third-order valence-electron chi connectivity index (χ3n) is 2.66. The van der Waals surface area contributed by atoms with Crippen LogP contribution in [0, 0.1) is 5.41 Å². The topological polar surface area (TPSA) is 32.8 Å². The van der Waals surface area contributed by atoms with Crippen molar-refractivity contribution >= 4 is 0 Å². The van der Waals surface area contributed by atoms with Gasteiger partial charge in [-0.3, -0.25) is 0 Å². The summed E-state index contributed by atoms with van der Waals surface area (Å²) in [6, 6.07) is 0. The lowest BCUT2D eigenvalue weighted by Gasteiger charge is -2.27. The van der Waals surface area contributed by atoms with Crippen molar-refractivity contribution in [2.45, 2.75) is 39.4 Å². The highest BCUT2D eigenvalue weighted by Crippen LogP contribution is 2.33. The summed E-state index contributed by atoms with van der Waals surface area (Å²) in [7, 11) is 0. The molecular formula is C10H18O2. The second-order valence-electron chi connectivity index (χ2n) is 4.31. The van der Waals surface area contributed by atoms with E-state index in [4.69, 9.17) is 4.74 Å². The first-order chi connectivity index (χ1) is 5.43. The van der Waals surface area contributed by atoms with Crippen molar-refractivity contribution in [2.24, 2.45) is 5.41 Å². The number of hydrogen-bond acceptors (Lipinski definition) is 2. The zero-order valence-corrected chi connectivity index (χ0v) is 8.13. The summed E-state index contributed by atoms with van der Waals surface area (Å²) in [5.41, 5.74) is 1.13. The highest BCUT2D eigenvalue weighted by Gasteiger charge is 2.35. The Kier molecular flexibility index (Phi) is 2.59. The first kappa shape index (κ1) is 9.75. The first-order valence-electron chi connectivity index (χ1n) is 4.39. The molecule has 0 bridgehead atoms. The van der Waals surface area contributed by atoms with E-state index in [0.717, 1.165) is 12.0 Å². The highest BCUT2D eigenvalue weighted by molar-refractivity contribution is 5.04. The third-order valence-corrected chi connectivity index (χ3v) is 2.66. The lowest BCUT2D eigenvalue weighted by Crippen LogP contribution is -2.25. The normalized spacial score (nSPS) is 25.2. The molecule has 2 atom stereocenters. The van der Waals surface area contributed by atoms with E-state index in [1.165, 1.54) is 0 Å². The van der Waals surface area contributed by atoms with Gasteiger partial charge in [-0.15, -0.1) is 0 Å². The van der Waals surface area contributed by atoms with Crippen molar-refractivity contribution < 1.29 is 9.84 Å². The monoisotopic (exact) mass is 170 g/mol. The van der Waals surface area contributed by atoms with Crippen molar-refractivity contribution in [1.82, 2.24) is 0 Å². The van der Waals surface area contributed by atoms with Crippen molar-refractivity contribution in [1.29, 1.82) is 0 Å². The highest BCUT2D eigenvalue weighted by atomic mass is 16.6. The van der Waals surface area contributed by atoms with Crippen LogP contribution in [0.15, 0.2) is 12.2 Å². The van der Waals surface area contributed by atoms with E-state index in [-0.39, 0.29) is 17.6 Å². The number of aliphatic hydroxyl groups is 1. The number of aliphatic hydroxyl groups excluding tert-OH is 1. The SMILES string of the molecule is C=C(C)C(C)(C)CC(O)C1CO1. The fraction of sp³-hybridized carbons (Fsp3) is 0.800. The quantitative estimate of drug-likeness (QED) is 0.515. The number of rotatable bonds is 4. The van der Waals surface area contributed by atoms with Crippen LogP contribution in [-0.4, -0.2) is 23.9 Å². The van der Waals surface area contributed by atoms with Crippen LogP contribution in [0.25, 0.3) is 0 Å². The van der Waals surface area contributed by atoms with Crippen LogP contribution in [0.2, 0.25) is 0 Å². The first-order valence-corrected chi connectivity index (χ1v) is 4.39. The van der Waals surface area contributed by atoms with Gasteiger partial charge < -0.3 is 9.84 Å². The summed E-state index contributed by atoms with van der Waals surface area (Å²) < 4.78 is 5.02. The predicted molar refractivity (Wildman–Crippen MR) is 49.0 cm³/mol. The summed E-state index contributed by atoms with van der Waals surface area (Å²) in [5, 5.41) is 9.61. The Bertz CT molecular complexity index is 180. The maximum Gasteiger partial charge on any atom is 0.107 e. The van der Waals surface area contributed by atoms with E-state index in [1.54, 1.807) is 0 Å². The summed E-state index contributed by atoms with van der Waals surface area (Å²) in [4.78, 5) is 0. The van der Waals surface area contributed by atoms with E-state index in [1.807, 2.05) is 6.92 Å². The number of ether oxygens (including phenoxy) is 1. The molecule has 0 aromatic heterocycles. The number of allylic oxidation sites excluding steroid dienone is 1. The maximum atomic E-state index is 9.61. The molecule has 0 aliphatic carbocycles. The lowest BCUT2D eigenvalue weighted by molar-refractivity contribution is 0.0961. The Morgan fingerprint density at radius 3 is 2.58 bits per heavy atom. The van der Waals surface area contributed by atoms with Crippen LogP contribution in [-0.2, 0) is 4.74 Å². The van der Waals surface area contributed by atoms with E-state index in [9.17, 15) is 5.11 Å². The van der Waals surface area contributed by atoms with Gasteiger partial charge in [-0.1, -0.05) is 26.0 Å². The maximum absolute atomic E-state index is 9.61. The Hall–Kier alpha value is -0.340. The van der Waals surface area contributed by atoms with Crippen molar-refractivity contribution in [3.63, 3.8) is 0 Å². The van der Waals surface area contributed by atoms with Crippen LogP contribution >= 0.6 is 0 Å². The predicted octanol–water partition coefficient (Wildman–Crippen LogP) is 1.74. The van der Waals surface area contributed by atoms with E-state index >= 15 is 0 Å². The van der Waals surface area contributed by atoms with Gasteiger partial charge in [0.05, 0.1) is 12.7 Å². The molecule has 1 rings (SSSR count). The van der Waals surface area contributed by atoms with Gasteiger partial charge in [-0.2, -0.15) is 0 Å². The second-order valence-corrected chi connectivity index (χ2v) is 4.31. The Balaban J connectivity index is 2.42. The van der Waals surface area contributed by atoms with Crippen LogP contribution in [0.5, 0.6) is 0 Å². The molecule has 2 nitrogen and oxygen atoms in total. The largest absolute Gasteiger partial charge is 0.390 e. The van der Waals surface area contributed by atoms with Gasteiger partial charge in [0, 0.05) is 0 Å². The van der Waals surface area contributed by atoms with Gasteiger partial charge >= 0.3 is 0 Å². The lowest BCUT2D eigenvalue weighted by atomic mass is 9.80. The van der Waals surface area contributed by atoms with Gasteiger partial charge in [0.1, 0.15) is 6.10 Å². The molecule has 1 heterocycles. The summed E-state index contributed by atoms with van der Waals surface area (Å²) in [6.07, 6.45) is 0.507. The average Bonchev–Trinajstić information content (AvgIpc) is 2.65. The van der Waals surface area contributed by atoms with Gasteiger partial charge in [0.25, 0.3) is 0 Å². The molecule has 1 saturated heterocycles. The summed E-state index contributed by atoms with van der Waals surface area (Å²) in [6.45, 7) is 10.8. The molecule has 1 aliphatic rings. The van der Waals surface area contributed by atoms with Crippen molar-refractivity contribution in [3.8, 4) is 0 Å². The second kappa shape index (κ2) is 3.19. The zero-order valence-electron chi connectivity index (χ0n) is 8.13. The average molecular weight is 170 g/mol. The summed E-state index contributed by atoms with van der Waals surface area (Å²) in [5.74, 6) is 0. The van der Waals surface area contributed by atoms with Gasteiger partial charge in [0.15, 0.2) is 0 Å².